The van der Waals surface area contributed by atoms with Gasteiger partial charge in [-0.2, -0.15) is 5.10 Å². The molecule has 3 aromatic rings. The Morgan fingerprint density at radius 1 is 1.10 bits per heavy atom. The molecule has 0 bridgehead atoms. The lowest BCUT2D eigenvalue weighted by Gasteiger charge is -2.09. The molecule has 0 aliphatic rings. The lowest BCUT2D eigenvalue weighted by atomic mass is 10.1. The van der Waals surface area contributed by atoms with Gasteiger partial charge in [0.05, 0.1) is 44.6 Å². The second-order valence-corrected chi connectivity index (χ2v) is 6.43. The SMILES string of the molecule is COc1ccc(-c2cncc(C(=O)NN=Cc3cc(OC)cc(C(C)O)c3)n2)cc1. The maximum atomic E-state index is 12.4. The Labute approximate surface area is 174 Å². The molecule has 8 heteroatoms. The fourth-order valence-electron chi connectivity index (χ4n) is 2.68. The zero-order valence-corrected chi connectivity index (χ0v) is 16.9. The number of aliphatic hydroxyl groups is 1. The molecule has 0 fully saturated rings. The fraction of sp³-hybridized carbons (Fsp3) is 0.182. The maximum Gasteiger partial charge on any atom is 0.291 e. The summed E-state index contributed by atoms with van der Waals surface area (Å²) in [5.41, 5.74) is 5.29. The second-order valence-electron chi connectivity index (χ2n) is 6.43. The van der Waals surface area contributed by atoms with Crippen molar-refractivity contribution in [3.8, 4) is 22.8 Å². The topological polar surface area (TPSA) is 106 Å². The van der Waals surface area contributed by atoms with Gasteiger partial charge in [0.25, 0.3) is 5.91 Å². The minimum absolute atomic E-state index is 0.135. The molecule has 154 valence electrons. The maximum absolute atomic E-state index is 12.4. The molecule has 1 atom stereocenters. The monoisotopic (exact) mass is 406 g/mol. The van der Waals surface area contributed by atoms with Crippen molar-refractivity contribution in [2.75, 3.05) is 14.2 Å². The molecule has 0 aliphatic carbocycles. The second kappa shape index (κ2) is 9.62. The van der Waals surface area contributed by atoms with Crippen LogP contribution in [0.5, 0.6) is 11.5 Å². The Kier molecular flexibility index (Phi) is 6.71. The average molecular weight is 406 g/mol. The van der Waals surface area contributed by atoms with E-state index < -0.39 is 12.0 Å². The summed E-state index contributed by atoms with van der Waals surface area (Å²) in [4.78, 5) is 20.8. The summed E-state index contributed by atoms with van der Waals surface area (Å²) < 4.78 is 10.4. The van der Waals surface area contributed by atoms with Gasteiger partial charge in [0, 0.05) is 5.56 Å². The van der Waals surface area contributed by atoms with Crippen LogP contribution in [-0.4, -0.2) is 41.4 Å². The van der Waals surface area contributed by atoms with Crippen molar-refractivity contribution in [2.24, 2.45) is 5.10 Å². The molecule has 1 heterocycles. The van der Waals surface area contributed by atoms with Crippen LogP contribution < -0.4 is 14.9 Å². The Balaban J connectivity index is 1.73. The molecule has 1 amide bonds. The Hall–Kier alpha value is -3.78. The lowest BCUT2D eigenvalue weighted by molar-refractivity contribution is 0.0950. The summed E-state index contributed by atoms with van der Waals surface area (Å²) in [6, 6.07) is 12.5. The number of nitrogens with zero attached hydrogens (tertiary/aromatic N) is 3. The number of benzene rings is 2. The van der Waals surface area contributed by atoms with Crippen molar-refractivity contribution in [3.63, 3.8) is 0 Å². The number of carbonyl (C=O) groups is 1. The molecule has 0 saturated heterocycles. The fourth-order valence-corrected chi connectivity index (χ4v) is 2.68. The third-order valence-corrected chi connectivity index (χ3v) is 4.30. The summed E-state index contributed by atoms with van der Waals surface area (Å²) in [5, 5.41) is 13.8. The van der Waals surface area contributed by atoms with Crippen LogP contribution in [0.2, 0.25) is 0 Å². The molecule has 0 radical (unpaired) electrons. The van der Waals surface area contributed by atoms with Crippen LogP contribution in [0.1, 0.15) is 34.6 Å². The highest BCUT2D eigenvalue weighted by molar-refractivity contribution is 5.93. The number of hydrogen-bond acceptors (Lipinski definition) is 7. The van der Waals surface area contributed by atoms with Gasteiger partial charge < -0.3 is 14.6 Å². The van der Waals surface area contributed by atoms with Crippen LogP contribution in [0.25, 0.3) is 11.3 Å². The van der Waals surface area contributed by atoms with Gasteiger partial charge in [0.2, 0.25) is 0 Å². The van der Waals surface area contributed by atoms with E-state index in [2.05, 4.69) is 20.5 Å². The molecule has 2 N–H and O–H groups in total. The predicted octanol–water partition coefficient (Wildman–Crippen LogP) is 2.98. The molecular formula is C22H22N4O4. The van der Waals surface area contributed by atoms with Crippen LogP contribution in [0.15, 0.2) is 60.0 Å². The van der Waals surface area contributed by atoms with Gasteiger partial charge >= 0.3 is 0 Å². The lowest BCUT2D eigenvalue weighted by Crippen LogP contribution is -2.19. The molecular weight excluding hydrogens is 384 g/mol. The quantitative estimate of drug-likeness (QED) is 0.462. The number of ether oxygens (including phenoxy) is 2. The van der Waals surface area contributed by atoms with Crippen LogP contribution in [0, 0.1) is 0 Å². The van der Waals surface area contributed by atoms with Crippen molar-refractivity contribution >= 4 is 12.1 Å². The van der Waals surface area contributed by atoms with E-state index >= 15 is 0 Å². The van der Waals surface area contributed by atoms with Crippen LogP contribution in [-0.2, 0) is 0 Å². The van der Waals surface area contributed by atoms with E-state index in [9.17, 15) is 9.90 Å². The van der Waals surface area contributed by atoms with Crippen molar-refractivity contribution in [2.45, 2.75) is 13.0 Å². The van der Waals surface area contributed by atoms with E-state index in [-0.39, 0.29) is 5.69 Å². The molecule has 8 nitrogen and oxygen atoms in total. The van der Waals surface area contributed by atoms with E-state index in [1.165, 1.54) is 12.4 Å². The number of hydrogen-bond donors (Lipinski definition) is 2. The average Bonchev–Trinajstić information content (AvgIpc) is 2.78. The number of carbonyl (C=O) groups excluding carboxylic acids is 1. The number of hydrazone groups is 1. The third kappa shape index (κ3) is 5.18. The van der Waals surface area contributed by atoms with Crippen molar-refractivity contribution < 1.29 is 19.4 Å². The zero-order valence-electron chi connectivity index (χ0n) is 16.9. The minimum Gasteiger partial charge on any atom is -0.497 e. The summed E-state index contributed by atoms with van der Waals surface area (Å²) >= 11 is 0. The first-order valence-electron chi connectivity index (χ1n) is 9.17. The van der Waals surface area contributed by atoms with E-state index in [0.29, 0.717) is 22.6 Å². The van der Waals surface area contributed by atoms with Gasteiger partial charge in [-0.05, 0) is 60.5 Å². The van der Waals surface area contributed by atoms with Gasteiger partial charge in [0.1, 0.15) is 17.2 Å². The van der Waals surface area contributed by atoms with Gasteiger partial charge in [-0.25, -0.2) is 10.4 Å². The van der Waals surface area contributed by atoms with Gasteiger partial charge in [-0.15, -0.1) is 0 Å². The number of nitrogens with one attached hydrogen (secondary N) is 1. The highest BCUT2D eigenvalue weighted by atomic mass is 16.5. The summed E-state index contributed by atoms with van der Waals surface area (Å²) in [5.74, 6) is 0.818. The summed E-state index contributed by atoms with van der Waals surface area (Å²) in [6.07, 6.45) is 3.76. The van der Waals surface area contributed by atoms with Crippen LogP contribution in [0.3, 0.4) is 0 Å². The Morgan fingerprint density at radius 2 is 1.83 bits per heavy atom. The highest BCUT2D eigenvalue weighted by Gasteiger charge is 2.10. The Morgan fingerprint density at radius 3 is 2.50 bits per heavy atom. The number of aliphatic hydroxyl groups excluding tert-OH is 1. The summed E-state index contributed by atoms with van der Waals surface area (Å²) in [7, 11) is 3.13. The van der Waals surface area contributed by atoms with E-state index in [4.69, 9.17) is 9.47 Å². The molecule has 0 saturated carbocycles. The highest BCUT2D eigenvalue weighted by Crippen LogP contribution is 2.21. The minimum atomic E-state index is -0.655. The van der Waals surface area contributed by atoms with Gasteiger partial charge in [-0.3, -0.25) is 9.78 Å². The van der Waals surface area contributed by atoms with Gasteiger partial charge in [-0.1, -0.05) is 0 Å². The van der Waals surface area contributed by atoms with E-state index in [1.807, 2.05) is 24.3 Å². The van der Waals surface area contributed by atoms with Crippen LogP contribution in [0.4, 0.5) is 0 Å². The number of aromatic nitrogens is 2. The first-order valence-corrected chi connectivity index (χ1v) is 9.17. The first-order chi connectivity index (χ1) is 14.5. The third-order valence-electron chi connectivity index (χ3n) is 4.30. The standard InChI is InChI=1S/C22H22N4O4/c1-14(27)17-8-15(9-19(10-17)30-3)11-24-26-22(28)21-13-23-12-20(25-21)16-4-6-18(29-2)7-5-16/h4-14,27H,1-3H3,(H,26,28). The molecule has 30 heavy (non-hydrogen) atoms. The molecule has 1 aromatic heterocycles. The van der Waals surface area contributed by atoms with E-state index in [0.717, 1.165) is 11.3 Å². The molecule has 3 rings (SSSR count). The number of amides is 1. The molecule has 0 aliphatic heterocycles. The number of methoxy groups -OCH3 is 2. The normalized spacial score (nSPS) is 11.9. The molecule has 1 unspecified atom stereocenters. The number of rotatable bonds is 7. The molecule has 2 aromatic carbocycles. The molecule has 0 spiro atoms. The Bertz CT molecular complexity index is 1050. The largest absolute Gasteiger partial charge is 0.497 e. The van der Waals surface area contributed by atoms with E-state index in [1.54, 1.807) is 45.5 Å². The van der Waals surface area contributed by atoms with Crippen LogP contribution >= 0.6 is 0 Å². The predicted molar refractivity (Wildman–Crippen MR) is 113 cm³/mol. The smallest absolute Gasteiger partial charge is 0.291 e. The van der Waals surface area contributed by atoms with Crippen molar-refractivity contribution in [1.82, 2.24) is 15.4 Å². The van der Waals surface area contributed by atoms with Gasteiger partial charge in [0.15, 0.2) is 0 Å². The summed E-state index contributed by atoms with van der Waals surface area (Å²) in [6.45, 7) is 1.66. The zero-order chi connectivity index (χ0) is 21.5. The van der Waals surface area contributed by atoms with Crippen molar-refractivity contribution in [3.05, 3.63) is 71.7 Å². The van der Waals surface area contributed by atoms with Crippen molar-refractivity contribution in [1.29, 1.82) is 0 Å². The first kappa shape index (κ1) is 20.9.